The van der Waals surface area contributed by atoms with Gasteiger partial charge in [0.05, 0.1) is 5.56 Å². The highest BCUT2D eigenvalue weighted by atomic mass is 19.4. The number of nitrogens with zero attached hydrogens (tertiary/aromatic N) is 1. The summed E-state index contributed by atoms with van der Waals surface area (Å²) in [6, 6.07) is 18.3. The maximum Gasteiger partial charge on any atom is 0.490 e. The molecule has 2 aliphatic rings. The van der Waals surface area contributed by atoms with E-state index in [1.807, 2.05) is 30.3 Å². The number of halogens is 3. The second kappa shape index (κ2) is 15.8. The molecule has 1 aliphatic carbocycles. The molecule has 1 atom stereocenters. The second-order valence-electron chi connectivity index (χ2n) is 11.8. The number of fused-ring (bicyclic) bond motifs is 1. The van der Waals surface area contributed by atoms with E-state index in [1.165, 1.54) is 12.1 Å². The minimum Gasteiger partial charge on any atom is -0.478 e. The van der Waals surface area contributed by atoms with Gasteiger partial charge in [0.1, 0.15) is 6.04 Å². The molecule has 0 saturated heterocycles. The molecule has 11 nitrogen and oxygen atoms in total. The normalized spacial score (nSPS) is 18.6. The van der Waals surface area contributed by atoms with Crippen LogP contribution in [0.15, 0.2) is 66.7 Å². The molecule has 260 valence electrons. The van der Waals surface area contributed by atoms with Crippen molar-refractivity contribution < 1.29 is 47.4 Å². The smallest absolute Gasteiger partial charge is 0.478 e. The van der Waals surface area contributed by atoms with E-state index < -0.39 is 24.2 Å². The third kappa shape index (κ3) is 8.82. The van der Waals surface area contributed by atoms with Crippen LogP contribution < -0.4 is 16.4 Å². The van der Waals surface area contributed by atoms with Gasteiger partial charge in [0.15, 0.2) is 0 Å². The molecule has 1 aliphatic heterocycles. The molecule has 14 heteroatoms. The Morgan fingerprint density at radius 3 is 2.00 bits per heavy atom. The van der Waals surface area contributed by atoms with Crippen LogP contribution in [0, 0.1) is 11.8 Å². The highest BCUT2D eigenvalue weighted by Crippen LogP contribution is 2.39. The fourth-order valence-corrected chi connectivity index (χ4v) is 6.19. The van der Waals surface area contributed by atoms with Crippen molar-refractivity contribution in [3.05, 3.63) is 89.0 Å². The van der Waals surface area contributed by atoms with Gasteiger partial charge < -0.3 is 31.5 Å². The Bertz CT molecular complexity index is 1690. The SMILES string of the molecule is CNC(=O)c1ccc(-c2cccc3c2CCN(C(=O)C2CCC(CN)CC2)C3C(=O)Nc2ccc(C(=O)O)cc2)cc1.O=C(O)C(F)(F)F. The summed E-state index contributed by atoms with van der Waals surface area (Å²) in [6.07, 6.45) is -1.18. The molecule has 0 bridgehead atoms. The van der Waals surface area contributed by atoms with Crippen LogP contribution in [-0.4, -0.2) is 71.1 Å². The first-order valence-electron chi connectivity index (χ1n) is 15.6. The Morgan fingerprint density at radius 2 is 1.47 bits per heavy atom. The summed E-state index contributed by atoms with van der Waals surface area (Å²) in [5, 5.41) is 21.9. The molecular formula is C35H37F3N4O7. The zero-order valence-corrected chi connectivity index (χ0v) is 26.6. The molecule has 5 rings (SSSR count). The largest absolute Gasteiger partial charge is 0.490 e. The van der Waals surface area contributed by atoms with Crippen molar-refractivity contribution in [1.82, 2.24) is 10.2 Å². The second-order valence-corrected chi connectivity index (χ2v) is 11.8. The van der Waals surface area contributed by atoms with E-state index in [-0.39, 0.29) is 29.2 Å². The van der Waals surface area contributed by atoms with Crippen molar-refractivity contribution in [2.75, 3.05) is 25.5 Å². The van der Waals surface area contributed by atoms with E-state index >= 15 is 0 Å². The fourth-order valence-electron chi connectivity index (χ4n) is 6.19. The average Bonchev–Trinajstić information content (AvgIpc) is 3.10. The number of alkyl halides is 3. The maximum absolute atomic E-state index is 14.0. The zero-order valence-electron chi connectivity index (χ0n) is 26.6. The first-order chi connectivity index (χ1) is 23.2. The van der Waals surface area contributed by atoms with Crippen LogP contribution in [0.2, 0.25) is 0 Å². The van der Waals surface area contributed by atoms with E-state index in [0.29, 0.717) is 36.7 Å². The molecule has 0 aromatic heterocycles. The molecule has 3 aromatic rings. The maximum atomic E-state index is 14.0. The Balaban J connectivity index is 0.000000698. The monoisotopic (exact) mass is 682 g/mol. The molecular weight excluding hydrogens is 645 g/mol. The number of benzene rings is 3. The van der Waals surface area contributed by atoms with Crippen molar-refractivity contribution >= 4 is 35.3 Å². The summed E-state index contributed by atoms with van der Waals surface area (Å²) in [4.78, 5) is 61.9. The molecule has 6 N–H and O–H groups in total. The van der Waals surface area contributed by atoms with Crippen LogP contribution in [0.1, 0.15) is 63.6 Å². The van der Waals surface area contributed by atoms with Crippen molar-refractivity contribution in [2.24, 2.45) is 17.6 Å². The molecule has 0 spiro atoms. The number of carbonyl (C=O) groups excluding carboxylic acids is 3. The summed E-state index contributed by atoms with van der Waals surface area (Å²) in [7, 11) is 1.59. The predicted octanol–water partition coefficient (Wildman–Crippen LogP) is 4.87. The van der Waals surface area contributed by atoms with Gasteiger partial charge in [-0.15, -0.1) is 0 Å². The number of aliphatic carboxylic acids is 1. The topological polar surface area (TPSA) is 179 Å². The number of nitrogens with two attached hydrogens (primary N) is 1. The summed E-state index contributed by atoms with van der Waals surface area (Å²) in [6.45, 7) is 1.02. The van der Waals surface area contributed by atoms with Crippen LogP contribution in [0.3, 0.4) is 0 Å². The molecule has 49 heavy (non-hydrogen) atoms. The number of carboxylic acids is 2. The third-order valence-electron chi connectivity index (χ3n) is 8.81. The van der Waals surface area contributed by atoms with Crippen LogP contribution >= 0.6 is 0 Å². The zero-order chi connectivity index (χ0) is 35.9. The number of aromatic carboxylic acids is 1. The molecule has 1 unspecified atom stereocenters. The molecule has 3 aromatic carbocycles. The molecule has 0 radical (unpaired) electrons. The first-order valence-corrected chi connectivity index (χ1v) is 15.6. The summed E-state index contributed by atoms with van der Waals surface area (Å²) >= 11 is 0. The van der Waals surface area contributed by atoms with Gasteiger partial charge in [-0.1, -0.05) is 30.3 Å². The van der Waals surface area contributed by atoms with Gasteiger partial charge in [-0.25, -0.2) is 9.59 Å². The van der Waals surface area contributed by atoms with Gasteiger partial charge in [-0.3, -0.25) is 14.4 Å². The standard InChI is InChI=1S/C33H36N4O5.C2HF3O2/c1-35-30(38)22-11-9-21(10-12-22)26-3-2-4-28-27(26)17-18-37(32(40)23-7-5-20(19-34)6-8-23)29(28)31(39)36-25-15-13-24(14-16-25)33(41)42;3-2(4,5)1(6)7/h2-4,9-16,20,23,29H,5-8,17-19,34H2,1H3,(H,35,38)(H,36,39)(H,41,42);(H,6,7). The van der Waals surface area contributed by atoms with Crippen LogP contribution in [-0.2, 0) is 20.8 Å². The molecule has 3 amide bonds. The number of rotatable bonds is 7. The van der Waals surface area contributed by atoms with Gasteiger partial charge in [-0.05, 0) is 103 Å². The van der Waals surface area contributed by atoms with Crippen molar-refractivity contribution in [3.8, 4) is 11.1 Å². The van der Waals surface area contributed by atoms with E-state index in [2.05, 4.69) is 10.6 Å². The lowest BCUT2D eigenvalue weighted by Crippen LogP contribution is -2.48. The lowest BCUT2D eigenvalue weighted by Gasteiger charge is -2.40. The number of amides is 3. The molecule has 1 fully saturated rings. The quantitative estimate of drug-likeness (QED) is 0.234. The third-order valence-corrected chi connectivity index (χ3v) is 8.81. The van der Waals surface area contributed by atoms with Crippen LogP contribution in [0.5, 0.6) is 0 Å². The summed E-state index contributed by atoms with van der Waals surface area (Å²) in [5.41, 5.74) is 10.6. The number of hydrogen-bond donors (Lipinski definition) is 5. The van der Waals surface area contributed by atoms with Crippen LogP contribution in [0.4, 0.5) is 18.9 Å². The Hall–Kier alpha value is -5.24. The minimum atomic E-state index is -5.08. The van der Waals surface area contributed by atoms with Crippen molar-refractivity contribution in [1.29, 1.82) is 0 Å². The summed E-state index contributed by atoms with van der Waals surface area (Å²) in [5.74, 6) is -4.06. The van der Waals surface area contributed by atoms with Gasteiger partial charge in [-0.2, -0.15) is 13.2 Å². The van der Waals surface area contributed by atoms with Gasteiger partial charge in [0.2, 0.25) is 5.91 Å². The van der Waals surface area contributed by atoms with Gasteiger partial charge in [0, 0.05) is 30.8 Å². The van der Waals surface area contributed by atoms with Crippen molar-refractivity contribution in [3.63, 3.8) is 0 Å². The molecule has 1 heterocycles. The fraction of sp³-hybridized carbons (Fsp3) is 0.343. The van der Waals surface area contributed by atoms with E-state index in [0.717, 1.165) is 47.9 Å². The van der Waals surface area contributed by atoms with E-state index in [4.69, 9.17) is 15.6 Å². The number of carbonyl (C=O) groups is 5. The van der Waals surface area contributed by atoms with Crippen LogP contribution in [0.25, 0.3) is 11.1 Å². The average molecular weight is 683 g/mol. The lowest BCUT2D eigenvalue weighted by atomic mass is 9.80. The Labute approximate surface area is 280 Å². The summed E-state index contributed by atoms with van der Waals surface area (Å²) < 4.78 is 31.7. The Morgan fingerprint density at radius 1 is 0.878 bits per heavy atom. The van der Waals surface area contributed by atoms with Gasteiger partial charge >= 0.3 is 18.1 Å². The number of carboxylic acid groups (broad SMARTS) is 2. The van der Waals surface area contributed by atoms with E-state index in [9.17, 15) is 37.5 Å². The number of hydrogen-bond acceptors (Lipinski definition) is 6. The van der Waals surface area contributed by atoms with E-state index in [1.54, 1.807) is 36.2 Å². The molecule has 1 saturated carbocycles. The lowest BCUT2D eigenvalue weighted by molar-refractivity contribution is -0.192. The highest BCUT2D eigenvalue weighted by Gasteiger charge is 2.40. The minimum absolute atomic E-state index is 0.0159. The number of anilines is 1. The predicted molar refractivity (Wildman–Crippen MR) is 174 cm³/mol. The van der Waals surface area contributed by atoms with Crippen molar-refractivity contribution in [2.45, 2.75) is 44.3 Å². The number of nitrogens with one attached hydrogen (secondary N) is 2. The highest BCUT2D eigenvalue weighted by molar-refractivity contribution is 6.00. The van der Waals surface area contributed by atoms with Gasteiger partial charge in [0.25, 0.3) is 11.8 Å². The first kappa shape index (κ1) is 36.6. The Kier molecular flexibility index (Phi) is 11.8.